The molecule has 0 bridgehead atoms. The number of piperidine rings is 1. The van der Waals surface area contributed by atoms with Crippen LogP contribution in [0.25, 0.3) is 0 Å². The smallest absolute Gasteiger partial charge is 0.257 e. The Morgan fingerprint density at radius 2 is 1.74 bits per heavy atom. The number of halogens is 2. The molecule has 1 spiro atoms. The number of nitrogens with one attached hydrogen (secondary N) is 1. The van der Waals surface area contributed by atoms with E-state index in [4.69, 9.17) is 4.74 Å². The quantitative estimate of drug-likeness (QED) is 0.635. The van der Waals surface area contributed by atoms with Crippen molar-refractivity contribution >= 4 is 11.8 Å². The molecule has 0 aliphatic carbocycles. The number of rotatable bonds is 4. The second-order valence-electron chi connectivity index (χ2n) is 10.9. The molecule has 204 valence electrons. The summed E-state index contributed by atoms with van der Waals surface area (Å²) in [5.74, 6) is -1.25. The number of hydrogen-bond acceptors (Lipinski definition) is 4. The molecule has 1 atom stereocenters. The third-order valence-electron chi connectivity index (χ3n) is 8.56. The monoisotopic (exact) mass is 525 g/mol. The molecule has 0 radical (unpaired) electrons. The standard InChI is InChI=1S/C30H37F2N3O3/c31-24-10-5-11-25(32)27(24)28(36)33-16-20-34-18-14-30(15-19-34)13-4-3-8-22-7-1-2-12-26(22)38-21-23-9-6-17-35(23)29(30)37/h1-2,5,7,10-12,23H,3-4,6,8-9,13-21H2,(H,33,36)/t23-/m1/s1. The maximum Gasteiger partial charge on any atom is 0.257 e. The number of likely N-dealkylation sites (tertiary alicyclic amines) is 1. The van der Waals surface area contributed by atoms with Gasteiger partial charge in [-0.3, -0.25) is 9.59 Å². The molecule has 6 nitrogen and oxygen atoms in total. The van der Waals surface area contributed by atoms with Gasteiger partial charge in [0.05, 0.1) is 11.5 Å². The van der Waals surface area contributed by atoms with E-state index in [-0.39, 0.29) is 17.4 Å². The number of fused-ring (bicyclic) bond motifs is 2. The first-order chi connectivity index (χ1) is 18.5. The lowest BCUT2D eigenvalue weighted by molar-refractivity contribution is -0.147. The normalized spacial score (nSPS) is 22.1. The van der Waals surface area contributed by atoms with Crippen LogP contribution in [0.4, 0.5) is 8.78 Å². The maximum absolute atomic E-state index is 14.0. The van der Waals surface area contributed by atoms with E-state index in [9.17, 15) is 18.4 Å². The fraction of sp³-hybridized carbons (Fsp3) is 0.533. The molecule has 5 rings (SSSR count). The highest BCUT2D eigenvalue weighted by atomic mass is 19.1. The number of aryl methyl sites for hydroxylation is 1. The van der Waals surface area contributed by atoms with Gasteiger partial charge in [0.25, 0.3) is 5.91 Å². The van der Waals surface area contributed by atoms with Gasteiger partial charge in [-0.15, -0.1) is 0 Å². The summed E-state index contributed by atoms with van der Waals surface area (Å²) in [7, 11) is 0. The van der Waals surface area contributed by atoms with Crippen molar-refractivity contribution in [2.75, 3.05) is 39.3 Å². The lowest BCUT2D eigenvalue weighted by Gasteiger charge is -2.44. The largest absolute Gasteiger partial charge is 0.491 e. The molecule has 8 heteroatoms. The van der Waals surface area contributed by atoms with Crippen LogP contribution in [0.1, 0.15) is 60.9 Å². The molecule has 2 aromatic carbocycles. The van der Waals surface area contributed by atoms with E-state index in [1.54, 1.807) is 0 Å². The fourth-order valence-corrected chi connectivity index (χ4v) is 6.30. The molecule has 0 aromatic heterocycles. The minimum Gasteiger partial charge on any atom is -0.491 e. The first-order valence-electron chi connectivity index (χ1n) is 13.9. The number of hydrogen-bond donors (Lipinski definition) is 1. The summed E-state index contributed by atoms with van der Waals surface area (Å²) in [6.07, 6.45) is 7.37. The third kappa shape index (κ3) is 5.70. The van der Waals surface area contributed by atoms with Crippen molar-refractivity contribution in [2.45, 2.75) is 57.4 Å². The van der Waals surface area contributed by atoms with Crippen LogP contribution in [0.5, 0.6) is 5.75 Å². The summed E-state index contributed by atoms with van der Waals surface area (Å²) >= 11 is 0. The van der Waals surface area contributed by atoms with Crippen LogP contribution in [0, 0.1) is 17.0 Å². The Hall–Kier alpha value is -3.00. The Morgan fingerprint density at radius 1 is 0.974 bits per heavy atom. The lowest BCUT2D eigenvalue weighted by Crippen LogP contribution is -2.53. The molecule has 3 aliphatic rings. The number of ether oxygens (including phenoxy) is 1. The Morgan fingerprint density at radius 3 is 2.53 bits per heavy atom. The second kappa shape index (κ2) is 11.8. The number of carbonyl (C=O) groups is 2. The highest BCUT2D eigenvalue weighted by Gasteiger charge is 2.45. The summed E-state index contributed by atoms with van der Waals surface area (Å²) in [5, 5.41) is 2.64. The minimum atomic E-state index is -0.863. The van der Waals surface area contributed by atoms with Gasteiger partial charge in [0.15, 0.2) is 0 Å². The zero-order chi connectivity index (χ0) is 26.5. The Balaban J connectivity index is 1.20. The van der Waals surface area contributed by atoms with E-state index in [1.165, 1.54) is 11.6 Å². The van der Waals surface area contributed by atoms with E-state index in [0.717, 1.165) is 88.9 Å². The van der Waals surface area contributed by atoms with E-state index in [1.807, 2.05) is 12.1 Å². The van der Waals surface area contributed by atoms with Crippen LogP contribution in [-0.4, -0.2) is 67.0 Å². The van der Waals surface area contributed by atoms with E-state index in [0.29, 0.717) is 19.7 Å². The third-order valence-corrected chi connectivity index (χ3v) is 8.56. The lowest BCUT2D eigenvalue weighted by atomic mass is 9.73. The zero-order valence-electron chi connectivity index (χ0n) is 21.9. The van der Waals surface area contributed by atoms with Crippen molar-refractivity contribution in [3.63, 3.8) is 0 Å². The molecule has 2 amide bonds. The zero-order valence-corrected chi connectivity index (χ0v) is 21.9. The minimum absolute atomic E-state index is 0.110. The molecule has 0 unspecified atom stereocenters. The van der Waals surface area contributed by atoms with Gasteiger partial charge < -0.3 is 19.9 Å². The van der Waals surface area contributed by atoms with Crippen LogP contribution < -0.4 is 10.1 Å². The molecule has 2 aromatic rings. The molecule has 3 heterocycles. The topological polar surface area (TPSA) is 61.9 Å². The van der Waals surface area contributed by atoms with E-state index < -0.39 is 23.1 Å². The predicted octanol–water partition coefficient (Wildman–Crippen LogP) is 4.57. The first-order valence-corrected chi connectivity index (χ1v) is 13.9. The van der Waals surface area contributed by atoms with Crippen molar-refractivity contribution in [3.8, 4) is 5.75 Å². The molecule has 1 N–H and O–H groups in total. The summed E-state index contributed by atoms with van der Waals surface area (Å²) in [5.41, 5.74) is 0.331. The maximum atomic E-state index is 14.0. The van der Waals surface area contributed by atoms with Crippen molar-refractivity contribution in [1.29, 1.82) is 0 Å². The van der Waals surface area contributed by atoms with Crippen molar-refractivity contribution in [1.82, 2.24) is 15.1 Å². The average molecular weight is 526 g/mol. The predicted molar refractivity (Wildman–Crippen MR) is 141 cm³/mol. The van der Waals surface area contributed by atoms with E-state index in [2.05, 4.69) is 27.2 Å². The molecule has 38 heavy (non-hydrogen) atoms. The van der Waals surface area contributed by atoms with Gasteiger partial charge in [0.1, 0.15) is 29.6 Å². The number of para-hydroxylation sites is 1. The van der Waals surface area contributed by atoms with Gasteiger partial charge >= 0.3 is 0 Å². The van der Waals surface area contributed by atoms with Crippen LogP contribution in [-0.2, 0) is 11.2 Å². The Bertz CT molecular complexity index is 1130. The second-order valence-corrected chi connectivity index (χ2v) is 10.9. The molecule has 3 aliphatic heterocycles. The summed E-state index contributed by atoms with van der Waals surface area (Å²) in [4.78, 5) is 30.6. The fourth-order valence-electron chi connectivity index (χ4n) is 6.30. The Kier molecular flexibility index (Phi) is 8.27. The van der Waals surface area contributed by atoms with Gasteiger partial charge in [-0.1, -0.05) is 30.7 Å². The Labute approximate surface area is 223 Å². The highest BCUT2D eigenvalue weighted by molar-refractivity contribution is 5.94. The van der Waals surface area contributed by atoms with Gasteiger partial charge in [0, 0.05) is 19.6 Å². The van der Waals surface area contributed by atoms with Crippen LogP contribution in [0.2, 0.25) is 0 Å². The van der Waals surface area contributed by atoms with Crippen molar-refractivity contribution < 1.29 is 23.1 Å². The van der Waals surface area contributed by atoms with Gasteiger partial charge in [-0.05, 0) is 81.8 Å². The van der Waals surface area contributed by atoms with E-state index >= 15 is 0 Å². The van der Waals surface area contributed by atoms with Crippen LogP contribution >= 0.6 is 0 Å². The number of amides is 2. The number of nitrogens with zero attached hydrogens (tertiary/aromatic N) is 2. The van der Waals surface area contributed by atoms with Crippen LogP contribution in [0.15, 0.2) is 42.5 Å². The SMILES string of the molecule is O=C(NCCN1CCC2(CCCCc3ccccc3OC[C@H]3CCCN3C2=O)CC1)c1c(F)cccc1F. The van der Waals surface area contributed by atoms with Gasteiger partial charge in [-0.2, -0.15) is 0 Å². The first kappa shape index (κ1) is 26.6. The highest BCUT2D eigenvalue weighted by Crippen LogP contribution is 2.41. The van der Waals surface area contributed by atoms with Crippen molar-refractivity contribution in [2.24, 2.45) is 5.41 Å². The van der Waals surface area contributed by atoms with Gasteiger partial charge in [0.2, 0.25) is 5.91 Å². The van der Waals surface area contributed by atoms with Gasteiger partial charge in [-0.25, -0.2) is 8.78 Å². The number of benzene rings is 2. The molecular formula is C30H37F2N3O3. The summed E-state index contributed by atoms with van der Waals surface area (Å²) in [6.45, 7) is 3.70. The molecular weight excluding hydrogens is 488 g/mol. The average Bonchev–Trinajstić information content (AvgIpc) is 3.39. The molecule has 2 fully saturated rings. The van der Waals surface area contributed by atoms with Crippen LogP contribution in [0.3, 0.4) is 0 Å². The molecule has 0 saturated carbocycles. The summed E-state index contributed by atoms with van der Waals surface area (Å²) < 4.78 is 34.0. The summed E-state index contributed by atoms with van der Waals surface area (Å²) in [6, 6.07) is 11.8. The molecule has 2 saturated heterocycles. The number of carbonyl (C=O) groups excluding carboxylic acids is 2. The van der Waals surface area contributed by atoms with Crippen molar-refractivity contribution in [3.05, 3.63) is 65.2 Å².